The highest BCUT2D eigenvalue weighted by Gasteiger charge is 2.10. The van der Waals surface area contributed by atoms with E-state index in [4.69, 9.17) is 26.8 Å². The number of benzene rings is 2. The first-order valence-electron chi connectivity index (χ1n) is 6.86. The van der Waals surface area contributed by atoms with Crippen LogP contribution in [0, 0.1) is 6.92 Å². The topological polar surface area (TPSA) is 44.5 Å². The van der Waals surface area contributed by atoms with Crippen molar-refractivity contribution in [2.45, 2.75) is 26.3 Å². The smallest absolute Gasteiger partial charge is 0.169 e. The normalized spacial score (nSPS) is 12.0. The van der Waals surface area contributed by atoms with Gasteiger partial charge in [0, 0.05) is 6.04 Å². The molecule has 0 aliphatic rings. The van der Waals surface area contributed by atoms with Crippen molar-refractivity contribution in [3.8, 4) is 17.2 Å². The monoisotopic (exact) mass is 305 g/mol. The lowest BCUT2D eigenvalue weighted by Crippen LogP contribution is -2.17. The van der Waals surface area contributed by atoms with Gasteiger partial charge in [0.1, 0.15) is 5.75 Å². The number of nitrogens with two attached hydrogens (primary N) is 1. The van der Waals surface area contributed by atoms with Gasteiger partial charge in [-0.05, 0) is 55.7 Å². The molecule has 1 atom stereocenters. The van der Waals surface area contributed by atoms with Crippen LogP contribution in [-0.4, -0.2) is 13.2 Å². The van der Waals surface area contributed by atoms with Crippen molar-refractivity contribution >= 4 is 11.6 Å². The Hall–Kier alpha value is -1.71. The van der Waals surface area contributed by atoms with Crippen LogP contribution < -0.4 is 15.2 Å². The Kier molecular flexibility index (Phi) is 5.10. The van der Waals surface area contributed by atoms with Crippen molar-refractivity contribution in [1.29, 1.82) is 0 Å². The van der Waals surface area contributed by atoms with Gasteiger partial charge in [-0.1, -0.05) is 23.7 Å². The Morgan fingerprint density at radius 3 is 2.43 bits per heavy atom. The minimum absolute atomic E-state index is 0.102. The largest absolute Gasteiger partial charge is 0.493 e. The molecule has 0 saturated carbocycles. The van der Waals surface area contributed by atoms with Gasteiger partial charge in [0.15, 0.2) is 11.5 Å². The van der Waals surface area contributed by atoms with Crippen LogP contribution in [0.1, 0.15) is 18.1 Å². The fourth-order valence-corrected chi connectivity index (χ4v) is 2.35. The summed E-state index contributed by atoms with van der Waals surface area (Å²) in [4.78, 5) is 0. The van der Waals surface area contributed by atoms with Crippen molar-refractivity contribution in [2.75, 3.05) is 7.11 Å². The highest BCUT2D eigenvalue weighted by molar-refractivity contribution is 6.32. The summed E-state index contributed by atoms with van der Waals surface area (Å²) in [7, 11) is 1.62. The van der Waals surface area contributed by atoms with Gasteiger partial charge in [-0.3, -0.25) is 0 Å². The molecule has 0 heterocycles. The minimum Gasteiger partial charge on any atom is -0.493 e. The van der Waals surface area contributed by atoms with E-state index in [9.17, 15) is 0 Å². The summed E-state index contributed by atoms with van der Waals surface area (Å²) in [5.41, 5.74) is 8.00. The van der Waals surface area contributed by atoms with Crippen molar-refractivity contribution in [3.05, 3.63) is 52.5 Å². The molecule has 0 aromatic heterocycles. The number of aryl methyl sites for hydroxylation is 1. The molecule has 21 heavy (non-hydrogen) atoms. The maximum absolute atomic E-state index is 6.28. The highest BCUT2D eigenvalue weighted by Crippen LogP contribution is 2.35. The molecule has 1 unspecified atom stereocenters. The molecule has 0 radical (unpaired) electrons. The molecule has 112 valence electrons. The summed E-state index contributed by atoms with van der Waals surface area (Å²) in [5, 5.41) is 0.566. The Morgan fingerprint density at radius 1 is 1.10 bits per heavy atom. The average Bonchev–Trinajstić information content (AvgIpc) is 2.42. The van der Waals surface area contributed by atoms with Gasteiger partial charge in [-0.25, -0.2) is 0 Å². The Balaban J connectivity index is 2.24. The molecule has 2 N–H and O–H groups in total. The maximum Gasteiger partial charge on any atom is 0.169 e. The van der Waals surface area contributed by atoms with Crippen LogP contribution in [0.3, 0.4) is 0 Å². The van der Waals surface area contributed by atoms with Gasteiger partial charge >= 0.3 is 0 Å². The second-order valence-electron chi connectivity index (χ2n) is 5.20. The molecular weight excluding hydrogens is 286 g/mol. The molecule has 2 aromatic rings. The second-order valence-corrected chi connectivity index (χ2v) is 5.61. The first kappa shape index (κ1) is 15.7. The molecule has 0 spiro atoms. The van der Waals surface area contributed by atoms with Gasteiger partial charge in [-0.15, -0.1) is 0 Å². The number of ether oxygens (including phenoxy) is 2. The summed E-state index contributed by atoms with van der Waals surface area (Å²) >= 11 is 6.28. The number of halogens is 1. The molecule has 0 saturated heterocycles. The van der Waals surface area contributed by atoms with Crippen LogP contribution in [-0.2, 0) is 6.42 Å². The zero-order chi connectivity index (χ0) is 15.4. The summed E-state index contributed by atoms with van der Waals surface area (Å²) in [6.45, 7) is 3.97. The van der Waals surface area contributed by atoms with Crippen LogP contribution in [0.2, 0.25) is 5.02 Å². The van der Waals surface area contributed by atoms with Crippen molar-refractivity contribution in [1.82, 2.24) is 0 Å². The Bertz CT molecular complexity index is 626. The van der Waals surface area contributed by atoms with E-state index in [1.807, 2.05) is 50.2 Å². The second kappa shape index (κ2) is 6.83. The summed E-state index contributed by atoms with van der Waals surface area (Å²) < 4.78 is 11.2. The van der Waals surface area contributed by atoms with E-state index in [-0.39, 0.29) is 6.04 Å². The summed E-state index contributed by atoms with van der Waals surface area (Å²) in [6, 6.07) is 11.6. The Labute approximate surface area is 130 Å². The third-order valence-electron chi connectivity index (χ3n) is 3.09. The average molecular weight is 306 g/mol. The van der Waals surface area contributed by atoms with E-state index in [1.165, 1.54) is 0 Å². The zero-order valence-corrected chi connectivity index (χ0v) is 13.3. The van der Waals surface area contributed by atoms with Gasteiger partial charge in [-0.2, -0.15) is 0 Å². The molecule has 2 rings (SSSR count). The zero-order valence-electron chi connectivity index (χ0n) is 12.5. The molecule has 0 amide bonds. The number of hydrogen-bond donors (Lipinski definition) is 1. The van der Waals surface area contributed by atoms with Gasteiger partial charge in [0.25, 0.3) is 0 Å². The standard InChI is InChI=1S/C17H20ClNO2/c1-11-4-6-16(17(8-11)20-3)21-15-7-5-13(9-12(2)19)10-14(15)18/h4-8,10,12H,9,19H2,1-3H3. The van der Waals surface area contributed by atoms with Gasteiger partial charge in [0.2, 0.25) is 0 Å². The quantitative estimate of drug-likeness (QED) is 0.893. The molecule has 0 aliphatic heterocycles. The van der Waals surface area contributed by atoms with Crippen LogP contribution >= 0.6 is 11.6 Å². The molecule has 0 fully saturated rings. The van der Waals surface area contributed by atoms with E-state index in [0.29, 0.717) is 22.3 Å². The van der Waals surface area contributed by atoms with Crippen LogP contribution in [0.4, 0.5) is 0 Å². The molecule has 2 aromatic carbocycles. The molecular formula is C17H20ClNO2. The minimum atomic E-state index is 0.102. The third kappa shape index (κ3) is 4.13. The maximum atomic E-state index is 6.28. The van der Waals surface area contributed by atoms with Crippen molar-refractivity contribution in [2.24, 2.45) is 5.73 Å². The van der Waals surface area contributed by atoms with E-state index < -0.39 is 0 Å². The van der Waals surface area contributed by atoms with Crippen LogP contribution in [0.25, 0.3) is 0 Å². The fourth-order valence-electron chi connectivity index (χ4n) is 2.10. The fraction of sp³-hybridized carbons (Fsp3) is 0.294. The predicted octanol–water partition coefficient (Wildman–Crippen LogP) is 4.34. The molecule has 0 aliphatic carbocycles. The van der Waals surface area contributed by atoms with E-state index in [2.05, 4.69) is 0 Å². The number of hydrogen-bond acceptors (Lipinski definition) is 3. The summed E-state index contributed by atoms with van der Waals surface area (Å²) in [5.74, 6) is 1.93. The van der Waals surface area contributed by atoms with Crippen LogP contribution in [0.15, 0.2) is 36.4 Å². The van der Waals surface area contributed by atoms with E-state index >= 15 is 0 Å². The highest BCUT2D eigenvalue weighted by atomic mass is 35.5. The van der Waals surface area contributed by atoms with Crippen LogP contribution in [0.5, 0.6) is 17.2 Å². The molecule has 3 nitrogen and oxygen atoms in total. The van der Waals surface area contributed by atoms with Crippen molar-refractivity contribution in [3.63, 3.8) is 0 Å². The lowest BCUT2D eigenvalue weighted by molar-refractivity contribution is 0.378. The first-order valence-corrected chi connectivity index (χ1v) is 7.24. The SMILES string of the molecule is COc1cc(C)ccc1Oc1ccc(CC(C)N)cc1Cl. The van der Waals surface area contributed by atoms with E-state index in [0.717, 1.165) is 17.5 Å². The number of methoxy groups -OCH3 is 1. The van der Waals surface area contributed by atoms with Gasteiger partial charge < -0.3 is 15.2 Å². The first-order chi connectivity index (χ1) is 9.99. The molecule has 0 bridgehead atoms. The predicted molar refractivity (Wildman–Crippen MR) is 86.6 cm³/mol. The van der Waals surface area contributed by atoms with Gasteiger partial charge in [0.05, 0.1) is 12.1 Å². The lowest BCUT2D eigenvalue weighted by Gasteiger charge is -2.13. The third-order valence-corrected chi connectivity index (χ3v) is 3.39. The summed E-state index contributed by atoms with van der Waals surface area (Å²) in [6.07, 6.45) is 0.786. The van der Waals surface area contributed by atoms with E-state index in [1.54, 1.807) is 7.11 Å². The van der Waals surface area contributed by atoms with Crippen molar-refractivity contribution < 1.29 is 9.47 Å². The molecule has 4 heteroatoms. The lowest BCUT2D eigenvalue weighted by atomic mass is 10.1. The number of rotatable bonds is 5. The Morgan fingerprint density at radius 2 is 1.81 bits per heavy atom.